The van der Waals surface area contributed by atoms with E-state index in [-0.39, 0.29) is 17.7 Å². The zero-order chi connectivity index (χ0) is 12.2. The second kappa shape index (κ2) is 4.94. The van der Waals surface area contributed by atoms with Gasteiger partial charge < -0.3 is 15.5 Å². The van der Waals surface area contributed by atoms with Crippen LogP contribution in [-0.2, 0) is 0 Å². The van der Waals surface area contributed by atoms with E-state index in [0.717, 1.165) is 0 Å². The lowest BCUT2D eigenvalue weighted by molar-refractivity contribution is 0.0697. The molecule has 0 radical (unpaired) electrons. The molecule has 0 aromatic carbocycles. The molecule has 5 nitrogen and oxygen atoms in total. The third-order valence-electron chi connectivity index (χ3n) is 2.26. The van der Waals surface area contributed by atoms with Crippen LogP contribution in [0.3, 0.4) is 0 Å². The van der Waals surface area contributed by atoms with E-state index in [1.807, 2.05) is 13.8 Å². The van der Waals surface area contributed by atoms with Gasteiger partial charge in [-0.05, 0) is 26.3 Å². The first-order chi connectivity index (χ1) is 7.46. The molecule has 0 aliphatic rings. The molecule has 0 spiro atoms. The molecule has 3 N–H and O–H groups in total. The molecule has 16 heavy (non-hydrogen) atoms. The fourth-order valence-electron chi connectivity index (χ4n) is 1.38. The number of aromatic nitrogens is 1. The van der Waals surface area contributed by atoms with Crippen LogP contribution in [0.2, 0.25) is 0 Å². The Labute approximate surface area is 94.1 Å². The third-order valence-corrected chi connectivity index (χ3v) is 2.26. The topological polar surface area (TPSA) is 82.5 Å². The summed E-state index contributed by atoms with van der Waals surface area (Å²) in [5.74, 6) is -1.02. The maximum Gasteiger partial charge on any atom is 0.339 e. The highest BCUT2D eigenvalue weighted by atomic mass is 16.4. The molecular formula is C11H16N2O3. The van der Waals surface area contributed by atoms with E-state index in [1.165, 1.54) is 12.4 Å². The van der Waals surface area contributed by atoms with Crippen molar-refractivity contribution in [2.75, 3.05) is 11.9 Å². The van der Waals surface area contributed by atoms with Gasteiger partial charge in [-0.1, -0.05) is 0 Å². The molecule has 1 rings (SSSR count). The first-order valence-electron chi connectivity index (χ1n) is 5.02. The SMILES string of the molecule is CC(C)(CCO)Nc1ccncc1C(=O)O. The second-order valence-corrected chi connectivity index (χ2v) is 4.21. The summed E-state index contributed by atoms with van der Waals surface area (Å²) in [5, 5.41) is 20.9. The molecular weight excluding hydrogens is 208 g/mol. The van der Waals surface area contributed by atoms with Crippen LogP contribution in [0.4, 0.5) is 5.69 Å². The Morgan fingerprint density at radius 1 is 1.56 bits per heavy atom. The maximum absolute atomic E-state index is 10.9. The molecule has 0 saturated heterocycles. The number of hydrogen-bond acceptors (Lipinski definition) is 4. The summed E-state index contributed by atoms with van der Waals surface area (Å²) in [6.45, 7) is 3.85. The van der Waals surface area contributed by atoms with Crippen LogP contribution in [0, 0.1) is 0 Å². The summed E-state index contributed by atoms with van der Waals surface area (Å²) in [6.07, 6.45) is 3.37. The van der Waals surface area contributed by atoms with Crippen molar-refractivity contribution in [2.24, 2.45) is 0 Å². The minimum atomic E-state index is -1.02. The lowest BCUT2D eigenvalue weighted by Crippen LogP contribution is -2.32. The lowest BCUT2D eigenvalue weighted by atomic mass is 10.0. The number of carbonyl (C=O) groups is 1. The number of nitrogens with one attached hydrogen (secondary N) is 1. The van der Waals surface area contributed by atoms with E-state index >= 15 is 0 Å². The maximum atomic E-state index is 10.9. The van der Waals surface area contributed by atoms with E-state index in [9.17, 15) is 4.79 Å². The molecule has 0 amide bonds. The summed E-state index contributed by atoms with van der Waals surface area (Å²) in [7, 11) is 0. The highest BCUT2D eigenvalue weighted by Gasteiger charge is 2.19. The van der Waals surface area contributed by atoms with E-state index in [2.05, 4.69) is 10.3 Å². The van der Waals surface area contributed by atoms with Gasteiger partial charge in [0.1, 0.15) is 5.56 Å². The van der Waals surface area contributed by atoms with E-state index in [1.54, 1.807) is 6.07 Å². The minimum absolute atomic E-state index is 0.0491. The summed E-state index contributed by atoms with van der Waals surface area (Å²) in [4.78, 5) is 14.7. The molecule has 1 aromatic heterocycles. The molecule has 0 saturated carbocycles. The summed E-state index contributed by atoms with van der Waals surface area (Å²) < 4.78 is 0. The molecule has 0 aliphatic carbocycles. The van der Waals surface area contributed by atoms with Gasteiger partial charge in [0.15, 0.2) is 0 Å². The van der Waals surface area contributed by atoms with Crippen molar-refractivity contribution in [3.8, 4) is 0 Å². The number of rotatable bonds is 5. The standard InChI is InChI=1S/C11H16N2O3/c1-11(2,4-6-14)13-9-3-5-12-7-8(9)10(15)16/h3,5,7,14H,4,6H2,1-2H3,(H,12,13)(H,15,16). The number of hydrogen-bond donors (Lipinski definition) is 3. The van der Waals surface area contributed by atoms with Gasteiger partial charge in [-0.2, -0.15) is 0 Å². The van der Waals surface area contributed by atoms with Crippen molar-refractivity contribution in [1.82, 2.24) is 4.98 Å². The number of anilines is 1. The van der Waals surface area contributed by atoms with Gasteiger partial charge >= 0.3 is 5.97 Å². The van der Waals surface area contributed by atoms with Crippen molar-refractivity contribution in [3.05, 3.63) is 24.0 Å². The highest BCUT2D eigenvalue weighted by Crippen LogP contribution is 2.20. The van der Waals surface area contributed by atoms with Crippen molar-refractivity contribution in [3.63, 3.8) is 0 Å². The summed E-state index contributed by atoms with van der Waals surface area (Å²) in [6, 6.07) is 1.61. The summed E-state index contributed by atoms with van der Waals surface area (Å²) >= 11 is 0. The number of carboxylic acids is 1. The first kappa shape index (κ1) is 12.4. The Morgan fingerprint density at radius 2 is 2.25 bits per heavy atom. The number of carboxylic acid groups (broad SMARTS) is 1. The van der Waals surface area contributed by atoms with Crippen LogP contribution in [0.5, 0.6) is 0 Å². The zero-order valence-corrected chi connectivity index (χ0v) is 9.40. The number of nitrogens with zero attached hydrogens (tertiary/aromatic N) is 1. The Balaban J connectivity index is 2.92. The Kier molecular flexibility index (Phi) is 3.84. The molecule has 0 unspecified atom stereocenters. The molecule has 1 aromatic rings. The predicted molar refractivity (Wildman–Crippen MR) is 60.6 cm³/mol. The minimum Gasteiger partial charge on any atom is -0.478 e. The van der Waals surface area contributed by atoms with Crippen molar-refractivity contribution in [1.29, 1.82) is 0 Å². The fraction of sp³-hybridized carbons (Fsp3) is 0.455. The van der Waals surface area contributed by atoms with Crippen LogP contribution in [0.1, 0.15) is 30.6 Å². The molecule has 88 valence electrons. The van der Waals surface area contributed by atoms with Crippen LogP contribution in [0.15, 0.2) is 18.5 Å². The van der Waals surface area contributed by atoms with E-state index in [4.69, 9.17) is 10.2 Å². The normalized spacial score (nSPS) is 11.2. The zero-order valence-electron chi connectivity index (χ0n) is 9.40. The molecule has 1 heterocycles. The molecule has 5 heteroatoms. The third kappa shape index (κ3) is 3.20. The monoisotopic (exact) mass is 224 g/mol. The second-order valence-electron chi connectivity index (χ2n) is 4.21. The predicted octanol–water partition coefficient (Wildman–Crippen LogP) is 1.35. The van der Waals surface area contributed by atoms with Gasteiger partial charge in [0.25, 0.3) is 0 Å². The van der Waals surface area contributed by atoms with Gasteiger partial charge in [0.05, 0.1) is 5.69 Å². The largest absolute Gasteiger partial charge is 0.478 e. The van der Waals surface area contributed by atoms with Crippen LogP contribution in [0.25, 0.3) is 0 Å². The number of aromatic carboxylic acids is 1. The van der Waals surface area contributed by atoms with Gasteiger partial charge in [-0.25, -0.2) is 4.79 Å². The first-order valence-corrected chi connectivity index (χ1v) is 5.02. The smallest absolute Gasteiger partial charge is 0.339 e. The van der Waals surface area contributed by atoms with Crippen LogP contribution >= 0.6 is 0 Å². The molecule has 0 aliphatic heterocycles. The van der Waals surface area contributed by atoms with Crippen LogP contribution in [-0.4, -0.2) is 33.3 Å². The van der Waals surface area contributed by atoms with E-state index in [0.29, 0.717) is 12.1 Å². The van der Waals surface area contributed by atoms with Gasteiger partial charge in [0, 0.05) is 24.5 Å². The number of aliphatic hydroxyl groups excluding tert-OH is 1. The summed E-state index contributed by atoms with van der Waals surface area (Å²) in [5.41, 5.74) is 0.287. The van der Waals surface area contributed by atoms with Crippen molar-refractivity contribution >= 4 is 11.7 Å². The van der Waals surface area contributed by atoms with Gasteiger partial charge in [0.2, 0.25) is 0 Å². The van der Waals surface area contributed by atoms with E-state index < -0.39 is 5.97 Å². The molecule has 0 fully saturated rings. The van der Waals surface area contributed by atoms with Gasteiger partial charge in [-0.15, -0.1) is 0 Å². The fourth-order valence-corrected chi connectivity index (χ4v) is 1.38. The average Bonchev–Trinajstić information content (AvgIpc) is 2.17. The Morgan fingerprint density at radius 3 is 2.81 bits per heavy atom. The molecule has 0 bridgehead atoms. The lowest BCUT2D eigenvalue weighted by Gasteiger charge is -2.27. The quantitative estimate of drug-likeness (QED) is 0.703. The van der Waals surface area contributed by atoms with Crippen molar-refractivity contribution < 1.29 is 15.0 Å². The Hall–Kier alpha value is -1.62. The number of aliphatic hydroxyl groups is 1. The number of pyridine rings is 1. The molecule has 0 atom stereocenters. The van der Waals surface area contributed by atoms with Crippen molar-refractivity contribution in [2.45, 2.75) is 25.8 Å². The van der Waals surface area contributed by atoms with Crippen LogP contribution < -0.4 is 5.32 Å². The van der Waals surface area contributed by atoms with Gasteiger partial charge in [-0.3, -0.25) is 4.98 Å². The highest BCUT2D eigenvalue weighted by molar-refractivity contribution is 5.93. The Bertz CT molecular complexity index is 377. The average molecular weight is 224 g/mol.